The van der Waals surface area contributed by atoms with Crippen LogP contribution in [0.5, 0.6) is 11.5 Å². The lowest BCUT2D eigenvalue weighted by atomic mass is 10.2. The Morgan fingerprint density at radius 3 is 2.17 bits per heavy atom. The minimum atomic E-state index is -3.81. The fraction of sp³-hybridized carbons (Fsp3) is 0.235. The topological polar surface area (TPSA) is 101 Å². The average Bonchev–Trinajstić information content (AvgIpc) is 2.46. The van der Waals surface area contributed by atoms with Gasteiger partial charge in [-0.1, -0.05) is 17.7 Å². The number of rotatable bonds is 5. The van der Waals surface area contributed by atoms with Crippen LogP contribution in [0, 0.1) is 6.92 Å². The molecule has 0 fully saturated rings. The Bertz CT molecular complexity index is 866. The summed E-state index contributed by atoms with van der Waals surface area (Å²) in [7, 11) is -3.81. The van der Waals surface area contributed by atoms with Crippen molar-refractivity contribution in [3.8, 4) is 11.5 Å². The second-order valence-corrected chi connectivity index (χ2v) is 8.26. The first kappa shape index (κ1) is 17.8. The lowest BCUT2D eigenvalue weighted by Crippen LogP contribution is -2.38. The first-order chi connectivity index (χ1) is 11.0. The van der Waals surface area contributed by atoms with Crippen LogP contribution >= 0.6 is 0 Å². The Kier molecular flexibility index (Phi) is 4.57. The maximum Gasteiger partial charge on any atom is 0.339 e. The summed E-state index contributed by atoms with van der Waals surface area (Å²) in [5, 5.41) is 18.6. The average molecular weight is 350 g/mol. The van der Waals surface area contributed by atoms with E-state index >= 15 is 0 Å². The maximum atomic E-state index is 12.7. The summed E-state index contributed by atoms with van der Waals surface area (Å²) in [4.78, 5) is 9.40. The normalized spacial score (nSPS) is 12.0. The summed E-state index contributed by atoms with van der Waals surface area (Å²) < 4.78 is 31.0. The van der Waals surface area contributed by atoms with E-state index in [9.17, 15) is 18.3 Å². The van der Waals surface area contributed by atoms with Gasteiger partial charge in [-0.2, -0.15) is 0 Å². The van der Waals surface area contributed by atoms with Gasteiger partial charge in [0.1, 0.15) is 17.1 Å². The number of aromatic hydroxyl groups is 1. The van der Waals surface area contributed by atoms with Gasteiger partial charge in [0.15, 0.2) is 0 Å². The summed E-state index contributed by atoms with van der Waals surface area (Å²) in [6, 6.07) is 9.92. The molecule has 0 spiro atoms. The molecule has 0 amide bonds. The molecule has 0 saturated heterocycles. The van der Waals surface area contributed by atoms with Crippen molar-refractivity contribution in [3.63, 3.8) is 0 Å². The molecule has 0 radical (unpaired) electrons. The van der Waals surface area contributed by atoms with Crippen molar-refractivity contribution >= 4 is 15.8 Å². The number of sulfone groups is 1. The molecular weight excluding hydrogens is 332 g/mol. The maximum absolute atomic E-state index is 12.7. The number of hydrogen-bond donors (Lipinski definition) is 2. The number of phenols is 1. The van der Waals surface area contributed by atoms with Gasteiger partial charge in [0, 0.05) is 6.07 Å². The number of aryl methyl sites for hydroxylation is 1. The third kappa shape index (κ3) is 3.35. The third-order valence-corrected chi connectivity index (χ3v) is 5.81. The summed E-state index contributed by atoms with van der Waals surface area (Å²) in [5.74, 6) is -1.73. The van der Waals surface area contributed by atoms with Crippen molar-refractivity contribution in [2.45, 2.75) is 30.6 Å². The van der Waals surface area contributed by atoms with Crippen molar-refractivity contribution in [2.75, 3.05) is 0 Å². The molecule has 2 rings (SSSR count). The first-order valence-corrected chi connectivity index (χ1v) is 8.59. The van der Waals surface area contributed by atoms with Crippen LogP contribution < -0.4 is 4.74 Å². The highest BCUT2D eigenvalue weighted by Crippen LogP contribution is 2.31. The van der Waals surface area contributed by atoms with Crippen molar-refractivity contribution in [1.29, 1.82) is 0 Å². The molecule has 7 heteroatoms. The van der Waals surface area contributed by atoms with Gasteiger partial charge < -0.3 is 14.9 Å². The van der Waals surface area contributed by atoms with Crippen LogP contribution in [0.25, 0.3) is 0 Å². The predicted octanol–water partition coefficient (Wildman–Crippen LogP) is 2.99. The molecular formula is C17H18O6S. The predicted molar refractivity (Wildman–Crippen MR) is 88.1 cm³/mol. The Morgan fingerprint density at radius 1 is 1.08 bits per heavy atom. The fourth-order valence-corrected chi connectivity index (χ4v) is 3.36. The molecule has 0 aromatic heterocycles. The van der Waals surface area contributed by atoms with Crippen LogP contribution in [0.4, 0.5) is 0 Å². The number of carbonyl (C=O) groups is 1. The van der Waals surface area contributed by atoms with Gasteiger partial charge in [-0.3, -0.25) is 0 Å². The van der Waals surface area contributed by atoms with Gasteiger partial charge in [-0.05, 0) is 45.0 Å². The Labute approximate surface area is 140 Å². The van der Waals surface area contributed by atoms with Crippen molar-refractivity contribution in [2.24, 2.45) is 0 Å². The number of ether oxygens (including phenoxy) is 1. The zero-order valence-electron chi connectivity index (χ0n) is 13.5. The van der Waals surface area contributed by atoms with E-state index in [1.807, 2.05) is 6.92 Å². The molecule has 0 aliphatic rings. The van der Waals surface area contributed by atoms with Crippen LogP contribution in [0.15, 0.2) is 47.4 Å². The van der Waals surface area contributed by atoms with Gasteiger partial charge >= 0.3 is 5.97 Å². The number of carboxylic acid groups (broad SMARTS) is 1. The highest BCUT2D eigenvalue weighted by atomic mass is 32.2. The zero-order valence-corrected chi connectivity index (χ0v) is 14.3. The summed E-state index contributed by atoms with van der Waals surface area (Å²) in [6.45, 7) is 4.64. The molecule has 24 heavy (non-hydrogen) atoms. The molecule has 0 unspecified atom stereocenters. The quantitative estimate of drug-likeness (QED) is 0.860. The van der Waals surface area contributed by atoms with Crippen LogP contribution in [-0.2, 0) is 9.84 Å². The van der Waals surface area contributed by atoms with Crippen molar-refractivity contribution in [1.82, 2.24) is 0 Å². The second-order valence-electron chi connectivity index (χ2n) is 5.80. The van der Waals surface area contributed by atoms with E-state index in [4.69, 9.17) is 9.84 Å². The minimum absolute atomic E-state index is 0.0539. The SMILES string of the molecule is Cc1ccc(S(=O)(=O)C(C)(C)Oc2ccc(C(=O)O)c(O)c2)cc1. The highest BCUT2D eigenvalue weighted by molar-refractivity contribution is 7.92. The smallest absolute Gasteiger partial charge is 0.339 e. The molecule has 0 saturated carbocycles. The Hall–Kier alpha value is -2.54. The van der Waals surface area contributed by atoms with E-state index in [1.165, 1.54) is 32.0 Å². The molecule has 6 nitrogen and oxygen atoms in total. The first-order valence-electron chi connectivity index (χ1n) is 7.11. The second kappa shape index (κ2) is 6.16. The lowest BCUT2D eigenvalue weighted by molar-refractivity contribution is 0.0693. The van der Waals surface area contributed by atoms with Crippen molar-refractivity contribution in [3.05, 3.63) is 53.6 Å². The summed E-state index contributed by atoms with van der Waals surface area (Å²) >= 11 is 0. The van der Waals surface area contributed by atoms with E-state index < -0.39 is 26.5 Å². The lowest BCUT2D eigenvalue weighted by Gasteiger charge is -2.26. The van der Waals surface area contributed by atoms with Crippen LogP contribution in [0.3, 0.4) is 0 Å². The number of hydrogen-bond acceptors (Lipinski definition) is 5. The molecule has 128 valence electrons. The highest BCUT2D eigenvalue weighted by Gasteiger charge is 2.38. The number of aromatic carboxylic acids is 1. The summed E-state index contributed by atoms with van der Waals surface area (Å²) in [6.07, 6.45) is 0. The van der Waals surface area contributed by atoms with E-state index in [1.54, 1.807) is 12.1 Å². The van der Waals surface area contributed by atoms with Gasteiger partial charge in [-0.25, -0.2) is 13.2 Å². The van der Waals surface area contributed by atoms with Gasteiger partial charge in [0.25, 0.3) is 0 Å². The molecule has 0 bridgehead atoms. The molecule has 0 atom stereocenters. The Morgan fingerprint density at radius 2 is 1.67 bits per heavy atom. The van der Waals surface area contributed by atoms with Gasteiger partial charge in [-0.15, -0.1) is 0 Å². The molecule has 2 aromatic carbocycles. The monoisotopic (exact) mass is 350 g/mol. The van der Waals surface area contributed by atoms with E-state index in [-0.39, 0.29) is 16.2 Å². The zero-order chi connectivity index (χ0) is 18.1. The Balaban J connectivity index is 2.35. The third-order valence-electron chi connectivity index (χ3n) is 3.54. The van der Waals surface area contributed by atoms with E-state index in [0.29, 0.717) is 0 Å². The standard InChI is InChI=1S/C17H18O6S/c1-11-4-7-13(8-5-11)24(21,22)17(2,3)23-12-6-9-14(16(19)20)15(18)10-12/h4-10,18H,1-3H3,(H,19,20). The molecule has 0 aliphatic carbocycles. The molecule has 0 heterocycles. The molecule has 0 aliphatic heterocycles. The number of benzene rings is 2. The van der Waals surface area contributed by atoms with Crippen LogP contribution in [0.2, 0.25) is 0 Å². The summed E-state index contributed by atoms with van der Waals surface area (Å²) in [5.41, 5.74) is 0.642. The minimum Gasteiger partial charge on any atom is -0.507 e. The molecule has 2 aromatic rings. The van der Waals surface area contributed by atoms with Crippen LogP contribution in [-0.4, -0.2) is 29.5 Å². The molecule has 2 N–H and O–H groups in total. The fourth-order valence-electron chi connectivity index (χ4n) is 2.10. The van der Waals surface area contributed by atoms with Gasteiger partial charge in [0.2, 0.25) is 14.8 Å². The van der Waals surface area contributed by atoms with Crippen molar-refractivity contribution < 1.29 is 28.2 Å². The largest absolute Gasteiger partial charge is 0.507 e. The van der Waals surface area contributed by atoms with Crippen LogP contribution in [0.1, 0.15) is 29.8 Å². The van der Waals surface area contributed by atoms with E-state index in [2.05, 4.69) is 0 Å². The van der Waals surface area contributed by atoms with E-state index in [0.717, 1.165) is 17.7 Å². The van der Waals surface area contributed by atoms with Gasteiger partial charge in [0.05, 0.1) is 4.90 Å². The number of carboxylic acids is 1.